The van der Waals surface area contributed by atoms with Gasteiger partial charge in [-0.05, 0) is 46.0 Å². The van der Waals surface area contributed by atoms with E-state index in [1.165, 1.54) is 11.6 Å². The van der Waals surface area contributed by atoms with Crippen molar-refractivity contribution in [3.63, 3.8) is 0 Å². The molecule has 1 aliphatic heterocycles. The predicted molar refractivity (Wildman–Crippen MR) is 124 cm³/mol. The number of hydrogen-bond acceptors (Lipinski definition) is 1. The third-order valence-electron chi connectivity index (χ3n) is 6.34. The van der Waals surface area contributed by atoms with Gasteiger partial charge >= 0.3 is 0 Å². The Morgan fingerprint density at radius 3 is 2.42 bits per heavy atom. The van der Waals surface area contributed by atoms with Crippen molar-refractivity contribution in [2.75, 3.05) is 4.90 Å². The quantitative estimate of drug-likeness (QED) is 0.371. The van der Waals surface area contributed by atoms with Crippen molar-refractivity contribution in [2.24, 2.45) is 0 Å². The molecule has 1 amide bonds. The maximum atomic E-state index is 14.4. The number of anilines is 1. The first kappa shape index (κ1) is 19.5. The Morgan fingerprint density at radius 1 is 0.903 bits per heavy atom. The normalized spacial score (nSPS) is 15.9. The zero-order valence-electron chi connectivity index (χ0n) is 17.5. The maximum absolute atomic E-state index is 14.4. The number of fused-ring (bicyclic) bond motifs is 3. The van der Waals surface area contributed by atoms with Crippen molar-refractivity contribution >= 4 is 22.4 Å². The highest BCUT2D eigenvalue weighted by atomic mass is 19.1. The molecule has 1 atom stereocenters. The number of amides is 1. The molecule has 0 spiro atoms. The number of hydrogen-bond donors (Lipinski definition) is 0. The highest BCUT2D eigenvalue weighted by Gasteiger charge is 2.34. The molecule has 1 aliphatic rings. The Hall–Kier alpha value is -3.46. The van der Waals surface area contributed by atoms with Crippen molar-refractivity contribution in [3.8, 4) is 0 Å². The molecule has 0 radical (unpaired) electrons. The van der Waals surface area contributed by atoms with Gasteiger partial charge in [-0.3, -0.25) is 4.79 Å². The van der Waals surface area contributed by atoms with Crippen molar-refractivity contribution < 1.29 is 9.18 Å². The highest BCUT2D eigenvalue weighted by Crippen LogP contribution is 2.44. The van der Waals surface area contributed by atoms with Gasteiger partial charge in [0.05, 0.1) is 6.54 Å². The number of halogens is 1. The summed E-state index contributed by atoms with van der Waals surface area (Å²) >= 11 is 0. The number of nitrogens with zero attached hydrogens (tertiary/aromatic N) is 1. The Labute approximate surface area is 181 Å². The van der Waals surface area contributed by atoms with Crippen LogP contribution < -0.4 is 4.90 Å². The third kappa shape index (κ3) is 3.50. The van der Waals surface area contributed by atoms with E-state index >= 15 is 0 Å². The van der Waals surface area contributed by atoms with Crippen LogP contribution in [0.1, 0.15) is 41.5 Å². The molecule has 3 heteroatoms. The molecule has 0 saturated carbocycles. The SMILES string of the molecule is CCc1ccc(C2CC(=O)N(Cc3ccccc3F)c3ccc4ccccc4c32)cc1. The van der Waals surface area contributed by atoms with E-state index in [4.69, 9.17) is 0 Å². The molecule has 5 rings (SSSR count). The number of aryl methyl sites for hydroxylation is 1. The summed E-state index contributed by atoms with van der Waals surface area (Å²) in [6, 6.07) is 27.6. The van der Waals surface area contributed by atoms with E-state index in [9.17, 15) is 9.18 Å². The molecule has 0 aromatic heterocycles. The average molecular weight is 410 g/mol. The Morgan fingerprint density at radius 2 is 1.65 bits per heavy atom. The topological polar surface area (TPSA) is 20.3 Å². The molecule has 0 saturated heterocycles. The van der Waals surface area contributed by atoms with Gasteiger partial charge in [-0.2, -0.15) is 0 Å². The van der Waals surface area contributed by atoms with Crippen LogP contribution in [0.4, 0.5) is 10.1 Å². The van der Waals surface area contributed by atoms with Crippen LogP contribution in [0.5, 0.6) is 0 Å². The third-order valence-corrected chi connectivity index (χ3v) is 6.34. The van der Waals surface area contributed by atoms with Crippen LogP contribution in [0.15, 0.2) is 84.9 Å². The van der Waals surface area contributed by atoms with Gasteiger partial charge in [0.25, 0.3) is 0 Å². The molecular weight excluding hydrogens is 385 g/mol. The van der Waals surface area contributed by atoms with Crippen molar-refractivity contribution in [3.05, 3.63) is 113 Å². The van der Waals surface area contributed by atoms with Gasteiger partial charge in [0.15, 0.2) is 0 Å². The summed E-state index contributed by atoms with van der Waals surface area (Å²) in [5.41, 5.74) is 4.99. The first-order valence-corrected chi connectivity index (χ1v) is 10.8. The van der Waals surface area contributed by atoms with Crippen molar-refractivity contribution in [2.45, 2.75) is 32.2 Å². The summed E-state index contributed by atoms with van der Waals surface area (Å²) in [6.07, 6.45) is 1.36. The second-order valence-corrected chi connectivity index (χ2v) is 8.14. The smallest absolute Gasteiger partial charge is 0.228 e. The van der Waals surface area contributed by atoms with Crippen LogP contribution in [0, 0.1) is 5.82 Å². The van der Waals surface area contributed by atoms with Gasteiger partial charge in [-0.25, -0.2) is 4.39 Å². The molecule has 154 valence electrons. The summed E-state index contributed by atoms with van der Waals surface area (Å²) in [4.78, 5) is 15.1. The fourth-order valence-electron chi connectivity index (χ4n) is 4.65. The molecule has 1 heterocycles. The monoisotopic (exact) mass is 409 g/mol. The van der Waals surface area contributed by atoms with Crippen molar-refractivity contribution in [1.29, 1.82) is 0 Å². The van der Waals surface area contributed by atoms with E-state index in [-0.39, 0.29) is 24.2 Å². The lowest BCUT2D eigenvalue weighted by Gasteiger charge is -2.35. The molecule has 0 N–H and O–H groups in total. The molecule has 2 nitrogen and oxygen atoms in total. The molecule has 4 aromatic rings. The minimum absolute atomic E-state index is 0.0172. The molecular formula is C28H24FNO. The summed E-state index contributed by atoms with van der Waals surface area (Å²) in [5, 5.41) is 2.30. The largest absolute Gasteiger partial charge is 0.308 e. The lowest BCUT2D eigenvalue weighted by molar-refractivity contribution is -0.119. The summed E-state index contributed by atoms with van der Waals surface area (Å²) < 4.78 is 14.4. The molecule has 4 aromatic carbocycles. The lowest BCUT2D eigenvalue weighted by atomic mass is 9.81. The van der Waals surface area contributed by atoms with E-state index in [1.807, 2.05) is 24.3 Å². The van der Waals surface area contributed by atoms with E-state index in [1.54, 1.807) is 17.0 Å². The molecule has 0 bridgehead atoms. The summed E-state index contributed by atoms with van der Waals surface area (Å²) in [6.45, 7) is 2.38. The standard InChI is InChI=1S/C28H24FNO/c1-2-19-11-13-21(14-12-19)24-17-27(31)30(18-22-8-4-6-10-25(22)29)26-16-15-20-7-3-5-9-23(20)28(24)26/h3-16,24H,2,17-18H2,1H3. The van der Waals surface area contributed by atoms with Gasteiger partial charge in [0, 0.05) is 23.6 Å². The number of carbonyl (C=O) groups is 1. The minimum atomic E-state index is -0.282. The predicted octanol–water partition coefficient (Wildman–Crippen LogP) is 6.61. The first-order valence-electron chi connectivity index (χ1n) is 10.8. The molecule has 0 fully saturated rings. The van der Waals surface area contributed by atoms with Gasteiger partial charge in [0.2, 0.25) is 5.91 Å². The number of carbonyl (C=O) groups excluding carboxylic acids is 1. The first-order chi connectivity index (χ1) is 15.2. The summed E-state index contributed by atoms with van der Waals surface area (Å²) in [5.74, 6) is -0.276. The van der Waals surface area contributed by atoms with Crippen molar-refractivity contribution in [1.82, 2.24) is 0 Å². The zero-order valence-corrected chi connectivity index (χ0v) is 17.5. The van der Waals surface area contributed by atoms with Gasteiger partial charge < -0.3 is 4.90 Å². The second kappa shape index (κ2) is 7.99. The molecule has 0 aliphatic carbocycles. The van der Waals surface area contributed by atoms with Crippen LogP contribution in [0.25, 0.3) is 10.8 Å². The highest BCUT2D eigenvalue weighted by molar-refractivity contribution is 6.03. The lowest BCUT2D eigenvalue weighted by Crippen LogP contribution is -2.36. The summed E-state index contributed by atoms with van der Waals surface area (Å²) in [7, 11) is 0. The maximum Gasteiger partial charge on any atom is 0.228 e. The minimum Gasteiger partial charge on any atom is -0.308 e. The van der Waals surface area contributed by atoms with Crippen LogP contribution in [-0.2, 0) is 17.8 Å². The van der Waals surface area contributed by atoms with Crippen LogP contribution in [0.2, 0.25) is 0 Å². The van der Waals surface area contributed by atoms with Crippen LogP contribution in [0.3, 0.4) is 0 Å². The van der Waals surface area contributed by atoms with Crippen LogP contribution >= 0.6 is 0 Å². The second-order valence-electron chi connectivity index (χ2n) is 8.14. The Balaban J connectivity index is 1.67. The van der Waals surface area contributed by atoms with E-state index < -0.39 is 0 Å². The fraction of sp³-hybridized carbons (Fsp3) is 0.179. The molecule has 31 heavy (non-hydrogen) atoms. The number of rotatable bonds is 4. The van der Waals surface area contributed by atoms with Gasteiger partial charge in [-0.1, -0.05) is 79.7 Å². The van der Waals surface area contributed by atoms with Gasteiger partial charge in [0.1, 0.15) is 5.82 Å². The van der Waals surface area contributed by atoms with E-state index in [0.29, 0.717) is 12.0 Å². The van der Waals surface area contributed by atoms with E-state index in [0.717, 1.165) is 34.0 Å². The molecule has 1 unspecified atom stereocenters. The average Bonchev–Trinajstić information content (AvgIpc) is 2.81. The van der Waals surface area contributed by atoms with Crippen LogP contribution in [-0.4, -0.2) is 5.91 Å². The Kier molecular flexibility index (Phi) is 5.03. The zero-order chi connectivity index (χ0) is 21.4. The Bertz CT molecular complexity index is 1260. The fourth-order valence-corrected chi connectivity index (χ4v) is 4.65. The van der Waals surface area contributed by atoms with E-state index in [2.05, 4.69) is 49.4 Å². The number of benzene rings is 4. The van der Waals surface area contributed by atoms with Gasteiger partial charge in [-0.15, -0.1) is 0 Å².